The van der Waals surface area contributed by atoms with Crippen molar-refractivity contribution in [1.29, 1.82) is 0 Å². The molecule has 0 aromatic heterocycles. The standard InChI is InChI=1S/C25H38N2O5S2/c1-17-10-19(3)24(20(4)11-17)33(28,29)26(7)14-23(16-32-9)15-27(8)34(30,31)25-21(5)12-18(2)13-22(25)6/h10-13,23H,14-16H2,1-9H3. The van der Waals surface area contributed by atoms with E-state index in [-0.39, 0.29) is 25.6 Å². The maximum atomic E-state index is 13.4. The number of aryl methyl sites for hydroxylation is 6. The Bertz CT molecular complexity index is 1110. The fraction of sp³-hybridized carbons (Fsp3) is 0.520. The van der Waals surface area contributed by atoms with Crippen LogP contribution < -0.4 is 0 Å². The van der Waals surface area contributed by atoms with E-state index in [1.54, 1.807) is 27.7 Å². The van der Waals surface area contributed by atoms with Gasteiger partial charge in [0, 0.05) is 40.2 Å². The molecule has 0 saturated carbocycles. The highest BCUT2D eigenvalue weighted by Gasteiger charge is 2.31. The zero-order valence-corrected chi connectivity index (χ0v) is 23.4. The van der Waals surface area contributed by atoms with Gasteiger partial charge in [0.05, 0.1) is 16.4 Å². The van der Waals surface area contributed by atoms with Gasteiger partial charge in [0.15, 0.2) is 0 Å². The van der Waals surface area contributed by atoms with E-state index in [0.717, 1.165) is 11.1 Å². The minimum atomic E-state index is -3.76. The molecule has 0 aliphatic carbocycles. The lowest BCUT2D eigenvalue weighted by molar-refractivity contribution is 0.133. The molecule has 2 rings (SSSR count). The molecule has 2 aromatic rings. The van der Waals surface area contributed by atoms with Crippen molar-refractivity contribution in [2.45, 2.75) is 51.3 Å². The molecule has 0 fully saturated rings. The monoisotopic (exact) mass is 510 g/mol. The van der Waals surface area contributed by atoms with Gasteiger partial charge in [0.25, 0.3) is 0 Å². The van der Waals surface area contributed by atoms with Crippen LogP contribution in [0.15, 0.2) is 34.1 Å². The van der Waals surface area contributed by atoms with Crippen molar-refractivity contribution < 1.29 is 21.6 Å². The van der Waals surface area contributed by atoms with E-state index < -0.39 is 20.0 Å². The van der Waals surface area contributed by atoms with Crippen LogP contribution in [0.1, 0.15) is 33.4 Å². The Labute approximate surface area is 205 Å². The number of rotatable bonds is 10. The summed E-state index contributed by atoms with van der Waals surface area (Å²) in [6.45, 7) is 11.5. The Hall–Kier alpha value is -1.78. The molecule has 0 aliphatic heterocycles. The van der Waals surface area contributed by atoms with Gasteiger partial charge < -0.3 is 4.74 Å². The molecule has 7 nitrogen and oxygen atoms in total. The van der Waals surface area contributed by atoms with Crippen molar-refractivity contribution in [2.75, 3.05) is 40.9 Å². The second kappa shape index (κ2) is 10.9. The summed E-state index contributed by atoms with van der Waals surface area (Å²) in [6.07, 6.45) is 0. The van der Waals surface area contributed by atoms with E-state index in [1.165, 1.54) is 29.8 Å². The third-order valence-electron chi connectivity index (χ3n) is 5.98. The van der Waals surface area contributed by atoms with Crippen LogP contribution in [0.3, 0.4) is 0 Å². The van der Waals surface area contributed by atoms with Crippen LogP contribution in [0.4, 0.5) is 0 Å². The fourth-order valence-electron chi connectivity index (χ4n) is 4.78. The summed E-state index contributed by atoms with van der Waals surface area (Å²) in [5, 5.41) is 0. The van der Waals surface area contributed by atoms with Gasteiger partial charge in [0.1, 0.15) is 0 Å². The van der Waals surface area contributed by atoms with Gasteiger partial charge in [0.2, 0.25) is 20.0 Å². The first-order valence-electron chi connectivity index (χ1n) is 11.2. The largest absolute Gasteiger partial charge is 0.384 e. The number of nitrogens with zero attached hydrogens (tertiary/aromatic N) is 2. The molecule has 0 unspecified atom stereocenters. The van der Waals surface area contributed by atoms with Crippen molar-refractivity contribution in [3.05, 3.63) is 57.6 Å². The van der Waals surface area contributed by atoms with Crippen molar-refractivity contribution >= 4 is 20.0 Å². The van der Waals surface area contributed by atoms with E-state index in [0.29, 0.717) is 32.0 Å². The lowest BCUT2D eigenvalue weighted by Crippen LogP contribution is -2.41. The highest BCUT2D eigenvalue weighted by atomic mass is 32.2. The molecule has 0 bridgehead atoms. The minimum absolute atomic E-state index is 0.120. The Morgan fingerprint density at radius 3 is 1.24 bits per heavy atom. The molecule has 0 amide bonds. The van der Waals surface area contributed by atoms with E-state index in [4.69, 9.17) is 4.74 Å². The van der Waals surface area contributed by atoms with Crippen LogP contribution in [0.2, 0.25) is 0 Å². The summed E-state index contributed by atoms with van der Waals surface area (Å²) in [5.74, 6) is -0.360. The Balaban J connectivity index is 2.32. The molecule has 0 N–H and O–H groups in total. The molecule has 190 valence electrons. The first-order chi connectivity index (χ1) is 15.6. The minimum Gasteiger partial charge on any atom is -0.384 e. The predicted molar refractivity (Wildman–Crippen MR) is 136 cm³/mol. The maximum absolute atomic E-state index is 13.4. The van der Waals surface area contributed by atoms with Crippen molar-refractivity contribution in [1.82, 2.24) is 8.61 Å². The van der Waals surface area contributed by atoms with Gasteiger partial charge in [-0.05, 0) is 63.8 Å². The first kappa shape index (κ1) is 28.5. The number of methoxy groups -OCH3 is 1. The van der Waals surface area contributed by atoms with Crippen molar-refractivity contribution in [2.24, 2.45) is 5.92 Å². The van der Waals surface area contributed by atoms with Gasteiger partial charge in [-0.25, -0.2) is 25.4 Å². The smallest absolute Gasteiger partial charge is 0.243 e. The van der Waals surface area contributed by atoms with Gasteiger partial charge in [-0.3, -0.25) is 0 Å². The van der Waals surface area contributed by atoms with E-state index >= 15 is 0 Å². The average molecular weight is 511 g/mol. The van der Waals surface area contributed by atoms with E-state index in [2.05, 4.69) is 0 Å². The van der Waals surface area contributed by atoms with Crippen LogP contribution >= 0.6 is 0 Å². The SMILES string of the molecule is COCC(CN(C)S(=O)(=O)c1c(C)cc(C)cc1C)CN(C)S(=O)(=O)c1c(C)cc(C)cc1C. The van der Waals surface area contributed by atoms with Gasteiger partial charge >= 0.3 is 0 Å². The van der Waals surface area contributed by atoms with Crippen LogP contribution in [0.25, 0.3) is 0 Å². The number of benzene rings is 2. The van der Waals surface area contributed by atoms with Crippen LogP contribution in [0, 0.1) is 47.5 Å². The lowest BCUT2D eigenvalue weighted by Gasteiger charge is -2.28. The molecular weight excluding hydrogens is 472 g/mol. The molecule has 0 heterocycles. The van der Waals surface area contributed by atoms with Crippen molar-refractivity contribution in [3.8, 4) is 0 Å². The zero-order valence-electron chi connectivity index (χ0n) is 21.8. The molecular formula is C25H38N2O5S2. The molecule has 0 saturated heterocycles. The average Bonchev–Trinajstić information content (AvgIpc) is 2.65. The summed E-state index contributed by atoms with van der Waals surface area (Å²) >= 11 is 0. The molecule has 0 aliphatic rings. The summed E-state index contributed by atoms with van der Waals surface area (Å²) < 4.78 is 61.5. The quantitative estimate of drug-likeness (QED) is 0.486. The molecule has 34 heavy (non-hydrogen) atoms. The van der Waals surface area contributed by atoms with Gasteiger partial charge in [-0.2, -0.15) is 0 Å². The molecule has 0 spiro atoms. The molecule has 2 aromatic carbocycles. The maximum Gasteiger partial charge on any atom is 0.243 e. The second-order valence-electron chi connectivity index (χ2n) is 9.35. The van der Waals surface area contributed by atoms with Gasteiger partial charge in [-0.15, -0.1) is 0 Å². The summed E-state index contributed by atoms with van der Waals surface area (Å²) in [5.41, 5.74) is 4.77. The highest BCUT2D eigenvalue weighted by molar-refractivity contribution is 7.89. The Morgan fingerprint density at radius 1 is 0.676 bits per heavy atom. The number of sulfonamides is 2. The lowest BCUT2D eigenvalue weighted by atomic mass is 10.1. The van der Waals surface area contributed by atoms with E-state index in [1.807, 2.05) is 38.1 Å². The Morgan fingerprint density at radius 2 is 0.971 bits per heavy atom. The summed E-state index contributed by atoms with van der Waals surface area (Å²) in [4.78, 5) is 0.590. The number of hydrogen-bond donors (Lipinski definition) is 0. The Kier molecular flexibility index (Phi) is 9.10. The third kappa shape index (κ3) is 6.07. The molecule has 0 radical (unpaired) electrons. The van der Waals surface area contributed by atoms with Crippen LogP contribution in [-0.4, -0.2) is 66.3 Å². The van der Waals surface area contributed by atoms with Crippen LogP contribution in [0.5, 0.6) is 0 Å². The third-order valence-corrected chi connectivity index (χ3v) is 10.2. The van der Waals surface area contributed by atoms with Crippen molar-refractivity contribution in [3.63, 3.8) is 0 Å². The normalized spacial score (nSPS) is 12.8. The highest BCUT2D eigenvalue weighted by Crippen LogP contribution is 2.27. The van der Waals surface area contributed by atoms with E-state index in [9.17, 15) is 16.8 Å². The summed E-state index contributed by atoms with van der Waals surface area (Å²) in [7, 11) is -2.94. The second-order valence-corrected chi connectivity index (χ2v) is 13.3. The topological polar surface area (TPSA) is 84.0 Å². The molecule has 0 atom stereocenters. The van der Waals surface area contributed by atoms with Crippen LogP contribution in [-0.2, 0) is 24.8 Å². The molecule has 9 heteroatoms. The number of ether oxygens (including phenoxy) is 1. The zero-order chi connectivity index (χ0) is 26.0. The predicted octanol–water partition coefficient (Wildman–Crippen LogP) is 3.74. The fourth-order valence-corrected chi connectivity index (χ4v) is 8.08. The first-order valence-corrected chi connectivity index (χ1v) is 14.1. The number of hydrogen-bond acceptors (Lipinski definition) is 5. The van der Waals surface area contributed by atoms with Gasteiger partial charge in [-0.1, -0.05) is 35.4 Å². The summed E-state index contributed by atoms with van der Waals surface area (Å²) in [6, 6.07) is 7.42.